The van der Waals surface area contributed by atoms with Gasteiger partial charge in [0.2, 0.25) is 0 Å². The average Bonchev–Trinajstić information content (AvgIpc) is 3.73. The number of para-hydroxylation sites is 1. The summed E-state index contributed by atoms with van der Waals surface area (Å²) in [6, 6.07) is 49.2. The highest BCUT2D eigenvalue weighted by molar-refractivity contribution is 6.22. The van der Waals surface area contributed by atoms with Gasteiger partial charge in [0.25, 0.3) is 0 Å². The van der Waals surface area contributed by atoms with Crippen molar-refractivity contribution < 1.29 is 0 Å². The van der Waals surface area contributed by atoms with Crippen molar-refractivity contribution in [2.45, 2.75) is 0 Å². The topological polar surface area (TPSA) is 48.0 Å². The van der Waals surface area contributed by atoms with E-state index in [1.54, 1.807) is 0 Å². The summed E-state index contributed by atoms with van der Waals surface area (Å²) in [6.07, 6.45) is 7.95. The van der Waals surface area contributed by atoms with Crippen molar-refractivity contribution in [2.24, 2.45) is 0 Å². The molecule has 5 heteroatoms. The van der Waals surface area contributed by atoms with E-state index in [1.807, 2.05) is 42.7 Å². The molecule has 10 rings (SSSR count). The van der Waals surface area contributed by atoms with Crippen LogP contribution in [0.25, 0.3) is 88.5 Å². The zero-order chi connectivity index (χ0) is 31.6. The number of benzene rings is 6. The SMILES string of the molecule is c1ccc(-c2cn3cc(-c4c5ccccc5c(-c5ccc6c(c5)c5cccnc5n6-c5ccccc5)c5ccccc45)ncc3n2)cc1. The Hall–Kier alpha value is -6.59. The molecule has 48 heavy (non-hydrogen) atoms. The van der Waals surface area contributed by atoms with Crippen LogP contribution in [0.3, 0.4) is 0 Å². The van der Waals surface area contributed by atoms with Gasteiger partial charge in [0.05, 0.1) is 23.1 Å². The van der Waals surface area contributed by atoms with Gasteiger partial charge in [-0.2, -0.15) is 0 Å². The Morgan fingerprint density at radius 1 is 0.458 bits per heavy atom. The fourth-order valence-electron chi connectivity index (χ4n) is 7.33. The van der Waals surface area contributed by atoms with Crippen molar-refractivity contribution in [3.05, 3.63) is 164 Å². The number of hydrogen-bond donors (Lipinski definition) is 0. The first kappa shape index (κ1) is 26.6. The van der Waals surface area contributed by atoms with Crippen LogP contribution in [0.1, 0.15) is 0 Å². The third kappa shape index (κ3) is 4.01. The van der Waals surface area contributed by atoms with E-state index in [4.69, 9.17) is 15.0 Å². The second kappa shape index (κ2) is 10.5. The highest BCUT2D eigenvalue weighted by Crippen LogP contribution is 2.44. The quantitative estimate of drug-likeness (QED) is 0.186. The fraction of sp³-hybridized carbons (Fsp3) is 0. The number of pyridine rings is 1. The first-order chi connectivity index (χ1) is 23.8. The highest BCUT2D eigenvalue weighted by atomic mass is 15.0. The molecule has 0 unspecified atom stereocenters. The molecule has 224 valence electrons. The summed E-state index contributed by atoms with van der Waals surface area (Å²) in [4.78, 5) is 14.7. The first-order valence-corrected chi connectivity index (χ1v) is 16.1. The lowest BCUT2D eigenvalue weighted by atomic mass is 9.87. The summed E-state index contributed by atoms with van der Waals surface area (Å²) >= 11 is 0. The zero-order valence-electron chi connectivity index (χ0n) is 25.8. The molecule has 0 N–H and O–H groups in total. The number of nitrogens with zero attached hydrogens (tertiary/aromatic N) is 5. The highest BCUT2D eigenvalue weighted by Gasteiger charge is 2.20. The smallest absolute Gasteiger partial charge is 0.156 e. The number of aromatic nitrogens is 5. The third-order valence-electron chi connectivity index (χ3n) is 9.43. The lowest BCUT2D eigenvalue weighted by molar-refractivity contribution is 1.13. The molecule has 6 aromatic carbocycles. The van der Waals surface area contributed by atoms with Crippen molar-refractivity contribution in [2.75, 3.05) is 0 Å². The molecule has 0 aliphatic heterocycles. The molecule has 4 heterocycles. The van der Waals surface area contributed by atoms with Crippen molar-refractivity contribution in [1.29, 1.82) is 0 Å². The molecule has 0 radical (unpaired) electrons. The zero-order valence-corrected chi connectivity index (χ0v) is 25.8. The van der Waals surface area contributed by atoms with Gasteiger partial charge in [-0.15, -0.1) is 0 Å². The van der Waals surface area contributed by atoms with Crippen LogP contribution in [-0.2, 0) is 0 Å². The van der Waals surface area contributed by atoms with Gasteiger partial charge < -0.3 is 4.40 Å². The molecule has 4 aromatic heterocycles. The largest absolute Gasteiger partial charge is 0.303 e. The Labute approximate surface area is 276 Å². The fourth-order valence-corrected chi connectivity index (χ4v) is 7.33. The Bertz CT molecular complexity index is 2770. The van der Waals surface area contributed by atoms with Crippen LogP contribution in [0, 0.1) is 0 Å². The summed E-state index contributed by atoms with van der Waals surface area (Å²) in [7, 11) is 0. The van der Waals surface area contributed by atoms with Gasteiger partial charge in [-0.3, -0.25) is 9.55 Å². The van der Waals surface area contributed by atoms with Crippen molar-refractivity contribution >= 4 is 49.1 Å². The Balaban J connectivity index is 1.22. The summed E-state index contributed by atoms with van der Waals surface area (Å²) in [5.41, 5.74) is 10.4. The maximum absolute atomic E-state index is 5.00. The molecule has 5 nitrogen and oxygen atoms in total. The third-order valence-corrected chi connectivity index (χ3v) is 9.43. The van der Waals surface area contributed by atoms with Gasteiger partial charge in [-0.1, -0.05) is 103 Å². The van der Waals surface area contributed by atoms with E-state index >= 15 is 0 Å². The van der Waals surface area contributed by atoms with Gasteiger partial charge in [0.1, 0.15) is 5.65 Å². The Kier molecular flexibility index (Phi) is 5.81. The standard InChI is InChI=1S/C43H27N5/c1-3-12-28(13-4-1)37-26-47-27-38(45-25-40(47)46-37)42-33-18-9-7-16-31(33)41(32-17-8-10-19-34(32)42)29-21-22-39-36(24-29)35-20-11-23-44-43(35)48(39)30-14-5-2-6-15-30/h1-27H. The van der Waals surface area contributed by atoms with Crippen LogP contribution >= 0.6 is 0 Å². The Morgan fingerprint density at radius 3 is 1.81 bits per heavy atom. The van der Waals surface area contributed by atoms with Crippen LogP contribution in [0.2, 0.25) is 0 Å². The summed E-state index contributed by atoms with van der Waals surface area (Å²) in [5.74, 6) is 0. The number of imidazole rings is 1. The lowest BCUT2D eigenvalue weighted by Gasteiger charge is -2.17. The number of rotatable bonds is 4. The van der Waals surface area contributed by atoms with Crippen LogP contribution in [0.15, 0.2) is 164 Å². The van der Waals surface area contributed by atoms with E-state index in [1.165, 1.54) is 27.3 Å². The van der Waals surface area contributed by atoms with Crippen LogP contribution in [0.5, 0.6) is 0 Å². The number of hydrogen-bond acceptors (Lipinski definition) is 3. The molecule has 0 spiro atoms. The summed E-state index contributed by atoms with van der Waals surface area (Å²) < 4.78 is 4.35. The molecule has 0 saturated heterocycles. The molecule has 0 bridgehead atoms. The van der Waals surface area contributed by atoms with E-state index < -0.39 is 0 Å². The van der Waals surface area contributed by atoms with Crippen molar-refractivity contribution in [3.8, 4) is 39.3 Å². The maximum Gasteiger partial charge on any atom is 0.156 e. The minimum absolute atomic E-state index is 0.820. The normalized spacial score (nSPS) is 11.8. The molecular weight excluding hydrogens is 587 g/mol. The van der Waals surface area contributed by atoms with E-state index in [2.05, 4.69) is 131 Å². The van der Waals surface area contributed by atoms with E-state index in [-0.39, 0.29) is 0 Å². The van der Waals surface area contributed by atoms with Gasteiger partial charge >= 0.3 is 0 Å². The van der Waals surface area contributed by atoms with E-state index in [0.29, 0.717) is 0 Å². The maximum atomic E-state index is 5.00. The summed E-state index contributed by atoms with van der Waals surface area (Å²) in [5, 5.41) is 7.01. The minimum atomic E-state index is 0.820. The van der Waals surface area contributed by atoms with Gasteiger partial charge in [-0.25, -0.2) is 9.97 Å². The van der Waals surface area contributed by atoms with Gasteiger partial charge in [-0.05, 0) is 69.1 Å². The van der Waals surface area contributed by atoms with E-state index in [9.17, 15) is 0 Å². The number of fused-ring (bicyclic) bond motifs is 6. The van der Waals surface area contributed by atoms with Crippen molar-refractivity contribution in [3.63, 3.8) is 0 Å². The molecule has 0 aliphatic carbocycles. The second-order valence-electron chi connectivity index (χ2n) is 12.1. The predicted molar refractivity (Wildman–Crippen MR) is 196 cm³/mol. The molecule has 0 fully saturated rings. The molecular formula is C43H27N5. The average molecular weight is 614 g/mol. The monoisotopic (exact) mass is 613 g/mol. The predicted octanol–water partition coefficient (Wildman–Crippen LogP) is 10.5. The Morgan fingerprint density at radius 2 is 1.08 bits per heavy atom. The van der Waals surface area contributed by atoms with Crippen LogP contribution in [0.4, 0.5) is 0 Å². The second-order valence-corrected chi connectivity index (χ2v) is 12.1. The molecule has 0 saturated carbocycles. The van der Waals surface area contributed by atoms with Gasteiger partial charge in [0, 0.05) is 46.2 Å². The summed E-state index contributed by atoms with van der Waals surface area (Å²) in [6.45, 7) is 0. The van der Waals surface area contributed by atoms with Crippen molar-refractivity contribution in [1.82, 2.24) is 23.9 Å². The molecule has 0 amide bonds. The lowest BCUT2D eigenvalue weighted by Crippen LogP contribution is -1.95. The molecule has 0 atom stereocenters. The first-order valence-electron chi connectivity index (χ1n) is 16.1. The molecule has 0 aliphatic rings. The molecule has 10 aromatic rings. The van der Waals surface area contributed by atoms with Crippen LogP contribution in [-0.4, -0.2) is 23.9 Å². The van der Waals surface area contributed by atoms with E-state index in [0.717, 1.165) is 61.2 Å². The van der Waals surface area contributed by atoms with Gasteiger partial charge in [0.15, 0.2) is 5.65 Å². The van der Waals surface area contributed by atoms with Crippen LogP contribution < -0.4 is 0 Å². The minimum Gasteiger partial charge on any atom is -0.303 e.